The molecule has 0 aliphatic carbocycles. The summed E-state index contributed by atoms with van der Waals surface area (Å²) in [5.74, 6) is -0.248. The van der Waals surface area contributed by atoms with Gasteiger partial charge < -0.3 is 5.32 Å². The molecular weight excluding hydrogens is 367 g/mol. The van der Waals surface area contributed by atoms with E-state index in [-0.39, 0.29) is 17.8 Å². The van der Waals surface area contributed by atoms with Crippen LogP contribution in [0.3, 0.4) is 0 Å². The van der Waals surface area contributed by atoms with Crippen LogP contribution in [0.5, 0.6) is 0 Å². The lowest BCUT2D eigenvalue weighted by Crippen LogP contribution is -2.35. The maximum Gasteiger partial charge on any atom is 0.217 e. The Morgan fingerprint density at radius 2 is 1.90 bits per heavy atom. The van der Waals surface area contributed by atoms with Gasteiger partial charge >= 0.3 is 0 Å². The predicted octanol–water partition coefficient (Wildman–Crippen LogP) is 3.70. The highest BCUT2D eigenvalue weighted by atomic mass is 19.1. The number of nitrogens with zero attached hydrogens (tertiary/aromatic N) is 3. The Hall–Kier alpha value is -2.99. The number of rotatable bonds is 5. The second-order valence-corrected chi connectivity index (χ2v) is 7.71. The van der Waals surface area contributed by atoms with Crippen LogP contribution < -0.4 is 5.32 Å². The van der Waals surface area contributed by atoms with E-state index in [0.717, 1.165) is 48.6 Å². The van der Waals surface area contributed by atoms with Crippen molar-refractivity contribution in [1.29, 1.82) is 0 Å². The van der Waals surface area contributed by atoms with Crippen LogP contribution in [0.1, 0.15) is 24.5 Å². The van der Waals surface area contributed by atoms with Gasteiger partial charge in [-0.1, -0.05) is 17.7 Å². The fourth-order valence-corrected chi connectivity index (χ4v) is 3.83. The van der Waals surface area contributed by atoms with Crippen LogP contribution in [0.2, 0.25) is 0 Å². The minimum atomic E-state index is -0.258. The molecule has 29 heavy (non-hydrogen) atoms. The molecule has 1 aliphatic rings. The first-order valence-corrected chi connectivity index (χ1v) is 9.89. The van der Waals surface area contributed by atoms with Gasteiger partial charge in [0, 0.05) is 49.9 Å². The van der Waals surface area contributed by atoms with Crippen LogP contribution >= 0.6 is 0 Å². The topological polar surface area (TPSA) is 50.2 Å². The van der Waals surface area contributed by atoms with E-state index >= 15 is 0 Å². The van der Waals surface area contributed by atoms with E-state index in [1.807, 2.05) is 16.8 Å². The molecule has 2 heterocycles. The van der Waals surface area contributed by atoms with Gasteiger partial charge in [-0.2, -0.15) is 5.10 Å². The molecule has 5 nitrogen and oxygen atoms in total. The summed E-state index contributed by atoms with van der Waals surface area (Å²) in [5.41, 5.74) is 5.02. The predicted molar refractivity (Wildman–Crippen MR) is 111 cm³/mol. The van der Waals surface area contributed by atoms with Gasteiger partial charge in [0.25, 0.3) is 0 Å². The zero-order chi connectivity index (χ0) is 20.4. The van der Waals surface area contributed by atoms with E-state index < -0.39 is 0 Å². The van der Waals surface area contributed by atoms with Gasteiger partial charge in [-0.25, -0.2) is 9.07 Å². The van der Waals surface area contributed by atoms with Crippen LogP contribution in [-0.2, 0) is 11.3 Å². The number of carbonyl (C=O) groups is 1. The first-order valence-electron chi connectivity index (χ1n) is 9.89. The van der Waals surface area contributed by atoms with Crippen molar-refractivity contribution in [1.82, 2.24) is 20.0 Å². The summed E-state index contributed by atoms with van der Waals surface area (Å²) in [7, 11) is 0. The molecule has 1 amide bonds. The Labute approximate surface area is 170 Å². The Bertz CT molecular complexity index is 995. The van der Waals surface area contributed by atoms with Gasteiger partial charge in [0.15, 0.2) is 0 Å². The maximum absolute atomic E-state index is 13.4. The third kappa shape index (κ3) is 4.54. The van der Waals surface area contributed by atoms with Crippen molar-refractivity contribution >= 4 is 5.91 Å². The minimum absolute atomic E-state index is 0.0102. The average Bonchev–Trinajstić information content (AvgIpc) is 3.30. The molecule has 0 spiro atoms. The molecule has 1 N–H and O–H groups in total. The zero-order valence-corrected chi connectivity index (χ0v) is 16.7. The molecule has 1 saturated heterocycles. The highest BCUT2D eigenvalue weighted by molar-refractivity contribution is 5.73. The Morgan fingerprint density at radius 1 is 1.17 bits per heavy atom. The van der Waals surface area contributed by atoms with Crippen LogP contribution in [0.4, 0.5) is 4.39 Å². The fourth-order valence-electron chi connectivity index (χ4n) is 3.83. The third-order valence-corrected chi connectivity index (χ3v) is 5.28. The monoisotopic (exact) mass is 392 g/mol. The number of aromatic nitrogens is 2. The second-order valence-electron chi connectivity index (χ2n) is 7.71. The fraction of sp³-hybridized carbons (Fsp3) is 0.304. The van der Waals surface area contributed by atoms with E-state index in [9.17, 15) is 9.18 Å². The van der Waals surface area contributed by atoms with Gasteiger partial charge in [0.1, 0.15) is 5.82 Å². The number of hydrogen-bond acceptors (Lipinski definition) is 3. The van der Waals surface area contributed by atoms with Crippen LogP contribution in [0.25, 0.3) is 16.9 Å². The molecule has 0 radical (unpaired) electrons. The van der Waals surface area contributed by atoms with Crippen molar-refractivity contribution in [3.8, 4) is 16.9 Å². The standard InChI is InChI=1S/C23H25FN4O/c1-16-3-9-22(10-4-16)28-14-19(13-27-12-11-21(15-27)25-17(2)29)23(26-28)18-5-7-20(24)8-6-18/h3-10,14,21H,11-13,15H2,1-2H3,(H,25,29)/t21-/m0/s1. The van der Waals surface area contributed by atoms with E-state index in [0.29, 0.717) is 0 Å². The normalized spacial score (nSPS) is 16.9. The number of likely N-dealkylation sites (tertiary alicyclic amines) is 1. The van der Waals surface area contributed by atoms with Crippen LogP contribution in [0, 0.1) is 12.7 Å². The second kappa shape index (κ2) is 8.17. The van der Waals surface area contributed by atoms with E-state index in [1.54, 1.807) is 19.1 Å². The van der Waals surface area contributed by atoms with E-state index in [1.165, 1.54) is 17.7 Å². The molecular formula is C23H25FN4O. The molecule has 1 aromatic heterocycles. The molecule has 3 aromatic rings. The number of hydrogen-bond donors (Lipinski definition) is 1. The summed E-state index contributed by atoms with van der Waals surface area (Å²) in [5, 5.41) is 7.82. The largest absolute Gasteiger partial charge is 0.352 e. The van der Waals surface area contributed by atoms with Crippen molar-refractivity contribution in [2.75, 3.05) is 13.1 Å². The third-order valence-electron chi connectivity index (χ3n) is 5.28. The lowest BCUT2D eigenvalue weighted by atomic mass is 10.1. The zero-order valence-electron chi connectivity index (χ0n) is 16.7. The lowest BCUT2D eigenvalue weighted by Gasteiger charge is -2.16. The van der Waals surface area contributed by atoms with Crippen molar-refractivity contribution in [2.24, 2.45) is 0 Å². The molecule has 6 heteroatoms. The Balaban J connectivity index is 1.63. The average molecular weight is 392 g/mol. The van der Waals surface area contributed by atoms with Crippen LogP contribution in [-0.4, -0.2) is 39.7 Å². The highest BCUT2D eigenvalue weighted by Gasteiger charge is 2.24. The van der Waals surface area contributed by atoms with Crippen molar-refractivity contribution < 1.29 is 9.18 Å². The molecule has 0 saturated carbocycles. The first kappa shape index (κ1) is 19.3. The first-order chi connectivity index (χ1) is 14.0. The number of amides is 1. The molecule has 1 atom stereocenters. The summed E-state index contributed by atoms with van der Waals surface area (Å²) >= 11 is 0. The van der Waals surface area contributed by atoms with E-state index in [4.69, 9.17) is 5.10 Å². The number of aryl methyl sites for hydroxylation is 1. The summed E-state index contributed by atoms with van der Waals surface area (Å²) in [6, 6.07) is 14.9. The molecule has 1 aliphatic heterocycles. The molecule has 1 fully saturated rings. The quantitative estimate of drug-likeness (QED) is 0.720. The molecule has 150 valence electrons. The number of nitrogens with one attached hydrogen (secondary N) is 1. The molecule has 0 bridgehead atoms. The van der Waals surface area contributed by atoms with Gasteiger partial charge in [-0.15, -0.1) is 0 Å². The number of carbonyl (C=O) groups excluding carboxylic acids is 1. The summed E-state index contributed by atoms with van der Waals surface area (Å²) in [6.45, 7) is 6.08. The molecule has 4 rings (SSSR count). The lowest BCUT2D eigenvalue weighted by molar-refractivity contribution is -0.119. The van der Waals surface area contributed by atoms with Crippen LogP contribution in [0.15, 0.2) is 54.7 Å². The smallest absolute Gasteiger partial charge is 0.217 e. The molecule has 0 unspecified atom stereocenters. The van der Waals surface area contributed by atoms with Crippen molar-refractivity contribution in [2.45, 2.75) is 32.9 Å². The summed E-state index contributed by atoms with van der Waals surface area (Å²) < 4.78 is 15.3. The van der Waals surface area contributed by atoms with Crippen molar-refractivity contribution in [3.63, 3.8) is 0 Å². The Kier molecular flexibility index (Phi) is 5.45. The van der Waals surface area contributed by atoms with Gasteiger partial charge in [-0.3, -0.25) is 9.69 Å². The summed E-state index contributed by atoms with van der Waals surface area (Å²) in [6.07, 6.45) is 2.99. The van der Waals surface area contributed by atoms with Crippen molar-refractivity contribution in [3.05, 3.63) is 71.7 Å². The minimum Gasteiger partial charge on any atom is -0.352 e. The summed E-state index contributed by atoms with van der Waals surface area (Å²) in [4.78, 5) is 13.7. The number of benzene rings is 2. The van der Waals surface area contributed by atoms with Gasteiger partial charge in [0.05, 0.1) is 11.4 Å². The Morgan fingerprint density at radius 3 is 2.59 bits per heavy atom. The highest BCUT2D eigenvalue weighted by Crippen LogP contribution is 2.26. The number of halogens is 1. The molecule has 2 aromatic carbocycles. The van der Waals surface area contributed by atoms with E-state index in [2.05, 4.69) is 35.5 Å². The van der Waals surface area contributed by atoms with Gasteiger partial charge in [0.2, 0.25) is 5.91 Å². The SMILES string of the molecule is CC(=O)N[C@H]1CCN(Cc2cn(-c3ccc(C)cc3)nc2-c2ccc(F)cc2)C1. The maximum atomic E-state index is 13.4. The van der Waals surface area contributed by atoms with Gasteiger partial charge in [-0.05, 0) is 49.7 Å².